The Morgan fingerprint density at radius 3 is 2.66 bits per heavy atom. The Morgan fingerprint density at radius 1 is 1.17 bits per heavy atom. The van der Waals surface area contributed by atoms with E-state index in [4.69, 9.17) is 5.73 Å². The minimum atomic E-state index is -0.596. The van der Waals surface area contributed by atoms with Crippen molar-refractivity contribution in [1.82, 2.24) is 25.2 Å². The average Bonchev–Trinajstić information content (AvgIpc) is 2.87. The van der Waals surface area contributed by atoms with Crippen molar-refractivity contribution in [2.45, 2.75) is 26.2 Å². The largest absolute Gasteiger partial charge is 0.384 e. The molecule has 0 radical (unpaired) electrons. The molecule has 1 amide bonds. The number of piperidine rings is 1. The van der Waals surface area contributed by atoms with E-state index in [9.17, 15) is 4.79 Å². The van der Waals surface area contributed by atoms with E-state index in [0.29, 0.717) is 47.1 Å². The van der Waals surface area contributed by atoms with Gasteiger partial charge in [0.25, 0.3) is 5.91 Å². The van der Waals surface area contributed by atoms with Crippen LogP contribution in [0.4, 0.5) is 10.2 Å². The fourth-order valence-electron chi connectivity index (χ4n) is 4.10. The van der Waals surface area contributed by atoms with Gasteiger partial charge in [-0.3, -0.25) is 4.79 Å². The van der Waals surface area contributed by atoms with Crippen LogP contribution in [0.1, 0.15) is 46.9 Å². The molecule has 4 rings (SSSR count). The second-order valence-corrected chi connectivity index (χ2v) is 8.77. The Hall–Kier alpha value is -3.83. The average molecular weight is 473 g/mol. The van der Waals surface area contributed by atoms with Crippen molar-refractivity contribution in [2.75, 3.05) is 32.4 Å². The number of aromatic nitrogens is 3. The van der Waals surface area contributed by atoms with E-state index in [1.165, 1.54) is 18.5 Å². The normalized spacial score (nSPS) is 14.3. The number of likely N-dealkylation sites (tertiary alicyclic amines) is 1. The summed E-state index contributed by atoms with van der Waals surface area (Å²) in [5.74, 6) is 6.02. The van der Waals surface area contributed by atoms with Gasteiger partial charge in [0.05, 0.1) is 22.5 Å². The molecule has 0 bridgehead atoms. The van der Waals surface area contributed by atoms with Crippen molar-refractivity contribution in [3.8, 4) is 23.1 Å². The summed E-state index contributed by atoms with van der Waals surface area (Å²) in [6, 6.07) is 8.00. The highest BCUT2D eigenvalue weighted by molar-refractivity contribution is 5.95. The number of benzene rings is 1. The van der Waals surface area contributed by atoms with Crippen LogP contribution in [0, 0.1) is 23.6 Å². The molecule has 3 aromatic rings. The standard InChI is InChI=1S/C27H29FN6O/c1-3-24-22(7-4-18-5-9-25(29)30-15-18)26(33-17-32-24)20-6-8-21(23(28)14-20)27(35)31-16-19-10-12-34(2)13-11-19/h5-6,8-9,14-15,17,19H,3,10-13,16H2,1-2H3,(H2,29,30)(H,31,35). The van der Waals surface area contributed by atoms with Gasteiger partial charge in [-0.2, -0.15) is 0 Å². The second kappa shape index (κ2) is 11.1. The third-order valence-corrected chi connectivity index (χ3v) is 6.26. The zero-order valence-electron chi connectivity index (χ0n) is 20.0. The number of rotatable bonds is 5. The lowest BCUT2D eigenvalue weighted by molar-refractivity contribution is 0.0935. The maximum Gasteiger partial charge on any atom is 0.254 e. The minimum absolute atomic E-state index is 0.0204. The Kier molecular flexibility index (Phi) is 7.68. The molecular formula is C27H29FN6O. The summed E-state index contributed by atoms with van der Waals surface area (Å²) in [7, 11) is 2.10. The monoisotopic (exact) mass is 472 g/mol. The highest BCUT2D eigenvalue weighted by Gasteiger charge is 2.20. The molecule has 1 fully saturated rings. The number of hydrogen-bond acceptors (Lipinski definition) is 6. The Bertz CT molecular complexity index is 1260. The van der Waals surface area contributed by atoms with Gasteiger partial charge in [0, 0.05) is 23.9 Å². The van der Waals surface area contributed by atoms with Crippen LogP contribution in [0.15, 0.2) is 42.9 Å². The molecule has 1 aliphatic heterocycles. The van der Waals surface area contributed by atoms with Crippen molar-refractivity contribution >= 4 is 11.7 Å². The van der Waals surface area contributed by atoms with E-state index in [-0.39, 0.29) is 5.56 Å². The number of pyridine rings is 1. The van der Waals surface area contributed by atoms with E-state index < -0.39 is 11.7 Å². The number of nitrogens with zero attached hydrogens (tertiary/aromatic N) is 4. The molecule has 180 valence electrons. The number of hydrogen-bond donors (Lipinski definition) is 2. The van der Waals surface area contributed by atoms with Crippen molar-refractivity contribution in [2.24, 2.45) is 5.92 Å². The molecule has 3 heterocycles. The third-order valence-electron chi connectivity index (χ3n) is 6.26. The zero-order chi connectivity index (χ0) is 24.8. The van der Waals surface area contributed by atoms with E-state index in [0.717, 1.165) is 31.6 Å². The number of halogens is 1. The van der Waals surface area contributed by atoms with Crippen LogP contribution in [0.25, 0.3) is 11.3 Å². The Morgan fingerprint density at radius 2 is 1.97 bits per heavy atom. The van der Waals surface area contributed by atoms with Gasteiger partial charge in [-0.25, -0.2) is 19.3 Å². The van der Waals surface area contributed by atoms with Crippen LogP contribution in [0.3, 0.4) is 0 Å². The third kappa shape index (κ3) is 6.00. The Labute approximate surface area is 205 Å². The number of nitrogens with two attached hydrogens (primary N) is 1. The predicted molar refractivity (Wildman–Crippen MR) is 134 cm³/mol. The number of aryl methyl sites for hydroxylation is 1. The minimum Gasteiger partial charge on any atom is -0.384 e. The van der Waals surface area contributed by atoms with Gasteiger partial charge < -0.3 is 16.0 Å². The molecular weight excluding hydrogens is 443 g/mol. The van der Waals surface area contributed by atoms with Gasteiger partial charge in [0.1, 0.15) is 18.0 Å². The van der Waals surface area contributed by atoms with Crippen molar-refractivity contribution in [1.29, 1.82) is 0 Å². The first kappa shape index (κ1) is 24.3. The molecule has 3 N–H and O–H groups in total. The molecule has 2 aromatic heterocycles. The molecule has 0 spiro atoms. The van der Waals surface area contributed by atoms with E-state index in [1.54, 1.807) is 24.4 Å². The van der Waals surface area contributed by atoms with Gasteiger partial charge in [-0.15, -0.1) is 0 Å². The molecule has 0 aliphatic carbocycles. The number of carbonyl (C=O) groups is 1. The molecule has 0 saturated carbocycles. The number of anilines is 1. The van der Waals surface area contributed by atoms with Crippen LogP contribution in [-0.4, -0.2) is 52.4 Å². The highest BCUT2D eigenvalue weighted by Crippen LogP contribution is 2.25. The lowest BCUT2D eigenvalue weighted by Gasteiger charge is -2.28. The number of carbonyl (C=O) groups excluding carboxylic acids is 1. The summed E-state index contributed by atoms with van der Waals surface area (Å²) in [6.07, 6.45) is 5.74. The topological polar surface area (TPSA) is 97.0 Å². The molecule has 1 aliphatic rings. The quantitative estimate of drug-likeness (QED) is 0.553. The van der Waals surface area contributed by atoms with Crippen LogP contribution < -0.4 is 11.1 Å². The first-order valence-corrected chi connectivity index (χ1v) is 11.8. The van der Waals surface area contributed by atoms with E-state index >= 15 is 4.39 Å². The maximum atomic E-state index is 15.0. The van der Waals surface area contributed by atoms with Crippen LogP contribution in [-0.2, 0) is 6.42 Å². The molecule has 0 atom stereocenters. The maximum absolute atomic E-state index is 15.0. The lowest BCUT2D eigenvalue weighted by atomic mass is 9.97. The first-order valence-electron chi connectivity index (χ1n) is 11.8. The summed E-state index contributed by atoms with van der Waals surface area (Å²) in [4.78, 5) is 27.7. The van der Waals surface area contributed by atoms with E-state index in [2.05, 4.69) is 44.1 Å². The van der Waals surface area contributed by atoms with Gasteiger partial charge in [-0.05, 0) is 69.6 Å². The summed E-state index contributed by atoms with van der Waals surface area (Å²) < 4.78 is 15.0. The van der Waals surface area contributed by atoms with Gasteiger partial charge in [-0.1, -0.05) is 24.8 Å². The number of nitrogens with one attached hydrogen (secondary N) is 1. The second-order valence-electron chi connectivity index (χ2n) is 8.77. The fraction of sp³-hybridized carbons (Fsp3) is 0.333. The lowest BCUT2D eigenvalue weighted by Crippen LogP contribution is -2.37. The zero-order valence-corrected chi connectivity index (χ0v) is 20.0. The predicted octanol–water partition coefficient (Wildman–Crippen LogP) is 3.29. The summed E-state index contributed by atoms with van der Waals surface area (Å²) in [6.45, 7) is 4.56. The molecule has 1 aromatic carbocycles. The van der Waals surface area contributed by atoms with Crippen molar-refractivity contribution in [3.05, 3.63) is 71.1 Å². The van der Waals surface area contributed by atoms with Crippen LogP contribution >= 0.6 is 0 Å². The fourth-order valence-corrected chi connectivity index (χ4v) is 4.10. The summed E-state index contributed by atoms with van der Waals surface area (Å²) in [5, 5.41) is 2.90. The van der Waals surface area contributed by atoms with Gasteiger partial charge >= 0.3 is 0 Å². The van der Waals surface area contributed by atoms with Crippen LogP contribution in [0.5, 0.6) is 0 Å². The van der Waals surface area contributed by atoms with Crippen molar-refractivity contribution < 1.29 is 9.18 Å². The first-order chi connectivity index (χ1) is 16.9. The molecule has 7 nitrogen and oxygen atoms in total. The van der Waals surface area contributed by atoms with Crippen molar-refractivity contribution in [3.63, 3.8) is 0 Å². The Balaban J connectivity index is 1.56. The van der Waals surface area contributed by atoms with Gasteiger partial charge in [0.2, 0.25) is 0 Å². The molecule has 8 heteroatoms. The smallest absolute Gasteiger partial charge is 0.254 e. The number of amides is 1. The summed E-state index contributed by atoms with van der Waals surface area (Å²) in [5.41, 5.74) is 8.78. The number of nitrogen functional groups attached to an aromatic ring is 1. The molecule has 35 heavy (non-hydrogen) atoms. The van der Waals surface area contributed by atoms with E-state index in [1.807, 2.05) is 6.92 Å². The molecule has 1 saturated heterocycles. The summed E-state index contributed by atoms with van der Waals surface area (Å²) >= 11 is 0. The molecule has 0 unspecified atom stereocenters. The van der Waals surface area contributed by atoms with Crippen LogP contribution in [0.2, 0.25) is 0 Å². The SMILES string of the molecule is CCc1ncnc(-c2ccc(C(=O)NCC3CCN(C)CC3)c(F)c2)c1C#Cc1ccc(N)nc1. The highest BCUT2D eigenvalue weighted by atomic mass is 19.1. The van der Waals surface area contributed by atoms with Gasteiger partial charge in [0.15, 0.2) is 0 Å².